The van der Waals surface area contributed by atoms with Gasteiger partial charge in [0.05, 0.1) is 18.8 Å². The molecule has 2 N–H and O–H groups in total. The molecule has 0 aromatic rings. The van der Waals surface area contributed by atoms with Gasteiger partial charge < -0.3 is 14.9 Å². The van der Waals surface area contributed by atoms with Crippen LogP contribution < -0.4 is 0 Å². The number of hydrogen-bond acceptors (Lipinski definition) is 4. The number of carbonyl (C=O) groups is 1. The van der Waals surface area contributed by atoms with E-state index in [9.17, 15) is 15.0 Å². The zero-order chi connectivity index (χ0) is 16.4. The monoisotopic (exact) mass is 312 g/mol. The van der Waals surface area contributed by atoms with Crippen molar-refractivity contribution in [1.29, 1.82) is 0 Å². The third kappa shape index (κ3) is 6.93. The lowest BCUT2D eigenvalue weighted by Crippen LogP contribution is -2.20. The maximum atomic E-state index is 11.5. The van der Waals surface area contributed by atoms with Crippen molar-refractivity contribution in [3.8, 4) is 0 Å². The summed E-state index contributed by atoms with van der Waals surface area (Å²) in [5.41, 5.74) is 0. The number of esters is 1. The molecule has 1 fully saturated rings. The Hall–Kier alpha value is -0.870. The molecule has 0 saturated heterocycles. The van der Waals surface area contributed by atoms with E-state index in [2.05, 4.69) is 6.92 Å². The number of hydrogen-bond donors (Lipinski definition) is 2. The number of carbonyl (C=O) groups excluding carboxylic acids is 1. The van der Waals surface area contributed by atoms with E-state index in [4.69, 9.17) is 4.74 Å². The summed E-state index contributed by atoms with van der Waals surface area (Å²) < 4.78 is 4.95. The smallest absolute Gasteiger partial charge is 0.305 e. The predicted octanol–water partition coefficient (Wildman–Crippen LogP) is 3.21. The zero-order valence-electron chi connectivity index (χ0n) is 14.0. The molecule has 0 aromatic heterocycles. The number of ether oxygens (including phenoxy) is 1. The summed E-state index contributed by atoms with van der Waals surface area (Å²) in [6, 6.07) is 0. The van der Waals surface area contributed by atoms with Crippen molar-refractivity contribution in [3.63, 3.8) is 0 Å². The number of aliphatic hydroxyl groups is 2. The van der Waals surface area contributed by atoms with Crippen molar-refractivity contribution in [3.05, 3.63) is 12.2 Å². The first-order valence-corrected chi connectivity index (χ1v) is 8.78. The predicted molar refractivity (Wildman–Crippen MR) is 87.4 cm³/mol. The molecule has 0 radical (unpaired) electrons. The van der Waals surface area contributed by atoms with Crippen LogP contribution in [0.5, 0.6) is 0 Å². The number of rotatable bonds is 10. The summed E-state index contributed by atoms with van der Waals surface area (Å²) in [6.45, 7) is 4.35. The second kappa shape index (κ2) is 10.8. The van der Waals surface area contributed by atoms with Crippen LogP contribution in [0.4, 0.5) is 0 Å². The number of allylic oxidation sites excluding steroid dienone is 1. The van der Waals surface area contributed by atoms with Crippen LogP contribution in [0.1, 0.15) is 65.2 Å². The van der Waals surface area contributed by atoms with Gasteiger partial charge in [-0.3, -0.25) is 4.79 Å². The number of aliphatic hydroxyl groups excluding tert-OH is 2. The Bertz CT molecular complexity index is 340. The highest BCUT2D eigenvalue weighted by atomic mass is 16.5. The molecular weight excluding hydrogens is 280 g/mol. The molecule has 128 valence electrons. The van der Waals surface area contributed by atoms with Crippen LogP contribution in [-0.2, 0) is 9.53 Å². The fourth-order valence-electron chi connectivity index (χ4n) is 3.21. The molecule has 0 aromatic carbocycles. The first-order valence-electron chi connectivity index (χ1n) is 8.78. The van der Waals surface area contributed by atoms with E-state index in [0.717, 1.165) is 38.5 Å². The maximum Gasteiger partial charge on any atom is 0.305 e. The van der Waals surface area contributed by atoms with Crippen LogP contribution in [0.3, 0.4) is 0 Å². The molecule has 1 aliphatic carbocycles. The van der Waals surface area contributed by atoms with Crippen molar-refractivity contribution in [2.24, 2.45) is 11.8 Å². The average Bonchev–Trinajstić information content (AvgIpc) is 2.84. The van der Waals surface area contributed by atoms with Gasteiger partial charge in [-0.1, -0.05) is 38.3 Å². The standard InChI is InChI=1S/C18H32O4/c1-3-5-6-7-15(19)10-8-14-9-12-17(20)16(14)11-13-18(21)22-4-2/h8,10,14-17,19-20H,3-7,9,11-13H2,1-2H3/b10-8+/t14-,15?,16-,17-/m0/s1. The molecule has 4 nitrogen and oxygen atoms in total. The fourth-order valence-corrected chi connectivity index (χ4v) is 3.21. The molecule has 1 rings (SSSR count). The van der Waals surface area contributed by atoms with Gasteiger partial charge in [0, 0.05) is 6.42 Å². The lowest BCUT2D eigenvalue weighted by atomic mass is 9.89. The van der Waals surface area contributed by atoms with Crippen molar-refractivity contribution in [1.82, 2.24) is 0 Å². The highest BCUT2D eigenvalue weighted by molar-refractivity contribution is 5.69. The molecule has 1 aliphatic rings. The van der Waals surface area contributed by atoms with E-state index >= 15 is 0 Å². The van der Waals surface area contributed by atoms with E-state index in [1.165, 1.54) is 0 Å². The Balaban J connectivity index is 2.41. The molecule has 1 unspecified atom stereocenters. The molecular formula is C18H32O4. The maximum absolute atomic E-state index is 11.5. The topological polar surface area (TPSA) is 66.8 Å². The van der Waals surface area contributed by atoms with Gasteiger partial charge in [0.2, 0.25) is 0 Å². The molecule has 0 heterocycles. The summed E-state index contributed by atoms with van der Waals surface area (Å²) >= 11 is 0. The molecule has 0 spiro atoms. The first kappa shape index (κ1) is 19.2. The van der Waals surface area contributed by atoms with Crippen molar-refractivity contribution < 1.29 is 19.7 Å². The van der Waals surface area contributed by atoms with Crippen LogP contribution in [0.15, 0.2) is 12.2 Å². The largest absolute Gasteiger partial charge is 0.466 e. The van der Waals surface area contributed by atoms with Gasteiger partial charge in [-0.25, -0.2) is 0 Å². The minimum absolute atomic E-state index is 0.100. The first-order chi connectivity index (χ1) is 10.6. The lowest BCUT2D eigenvalue weighted by Gasteiger charge is -2.19. The second-order valence-corrected chi connectivity index (χ2v) is 6.26. The van der Waals surface area contributed by atoms with E-state index < -0.39 is 6.10 Å². The minimum Gasteiger partial charge on any atom is -0.466 e. The van der Waals surface area contributed by atoms with E-state index in [0.29, 0.717) is 19.4 Å². The molecule has 1 saturated carbocycles. The molecule has 4 heteroatoms. The Labute approximate surface area is 134 Å². The summed E-state index contributed by atoms with van der Waals surface area (Å²) in [4.78, 5) is 11.5. The molecule has 0 amide bonds. The zero-order valence-corrected chi connectivity index (χ0v) is 14.0. The van der Waals surface area contributed by atoms with Gasteiger partial charge in [-0.05, 0) is 44.4 Å². The van der Waals surface area contributed by atoms with Gasteiger partial charge in [-0.2, -0.15) is 0 Å². The summed E-state index contributed by atoms with van der Waals surface area (Å²) in [6.07, 6.45) is 10.0. The Kier molecular flexibility index (Phi) is 9.41. The Morgan fingerprint density at radius 2 is 2.09 bits per heavy atom. The van der Waals surface area contributed by atoms with Crippen LogP contribution in [0.2, 0.25) is 0 Å². The third-order valence-electron chi connectivity index (χ3n) is 4.51. The Morgan fingerprint density at radius 1 is 1.32 bits per heavy atom. The van der Waals surface area contributed by atoms with E-state index in [-0.39, 0.29) is 23.9 Å². The SMILES string of the molecule is CCCCCC(O)/C=C/[C@H]1CC[C@H](O)[C@H]1CCC(=O)OCC. The van der Waals surface area contributed by atoms with Crippen LogP contribution >= 0.6 is 0 Å². The van der Waals surface area contributed by atoms with Gasteiger partial charge in [0.15, 0.2) is 0 Å². The minimum atomic E-state index is -0.394. The van der Waals surface area contributed by atoms with Crippen molar-refractivity contribution in [2.45, 2.75) is 77.4 Å². The second-order valence-electron chi connectivity index (χ2n) is 6.26. The molecule has 22 heavy (non-hydrogen) atoms. The highest BCUT2D eigenvalue weighted by Gasteiger charge is 2.33. The summed E-state index contributed by atoms with van der Waals surface area (Å²) in [5, 5.41) is 20.0. The van der Waals surface area contributed by atoms with E-state index in [1.807, 2.05) is 12.2 Å². The van der Waals surface area contributed by atoms with Gasteiger partial charge in [0.25, 0.3) is 0 Å². The average molecular weight is 312 g/mol. The Morgan fingerprint density at radius 3 is 2.77 bits per heavy atom. The van der Waals surface area contributed by atoms with Gasteiger partial charge >= 0.3 is 5.97 Å². The van der Waals surface area contributed by atoms with Gasteiger partial charge in [0.1, 0.15) is 0 Å². The fraction of sp³-hybridized carbons (Fsp3) is 0.833. The summed E-state index contributed by atoms with van der Waals surface area (Å²) in [5.74, 6) is 0.165. The van der Waals surface area contributed by atoms with Crippen LogP contribution in [-0.4, -0.2) is 35.0 Å². The van der Waals surface area contributed by atoms with Crippen molar-refractivity contribution in [2.75, 3.05) is 6.61 Å². The highest BCUT2D eigenvalue weighted by Crippen LogP contribution is 2.36. The molecule has 0 bridgehead atoms. The van der Waals surface area contributed by atoms with Gasteiger partial charge in [-0.15, -0.1) is 0 Å². The van der Waals surface area contributed by atoms with Crippen LogP contribution in [0.25, 0.3) is 0 Å². The third-order valence-corrected chi connectivity index (χ3v) is 4.51. The molecule has 0 aliphatic heterocycles. The summed E-state index contributed by atoms with van der Waals surface area (Å²) in [7, 11) is 0. The van der Waals surface area contributed by atoms with E-state index in [1.54, 1.807) is 6.92 Å². The number of unbranched alkanes of at least 4 members (excludes halogenated alkanes) is 2. The lowest BCUT2D eigenvalue weighted by molar-refractivity contribution is -0.143. The van der Waals surface area contributed by atoms with Crippen LogP contribution in [0, 0.1) is 11.8 Å². The quantitative estimate of drug-likeness (QED) is 0.369. The molecule has 4 atom stereocenters. The van der Waals surface area contributed by atoms with Crippen molar-refractivity contribution >= 4 is 5.97 Å². The normalized spacial score (nSPS) is 26.5.